The first kappa shape index (κ1) is 19.4. The van der Waals surface area contributed by atoms with Gasteiger partial charge in [0.15, 0.2) is 0 Å². The molecule has 0 saturated heterocycles. The number of aromatic nitrogens is 3. The highest BCUT2D eigenvalue weighted by molar-refractivity contribution is 5.95. The van der Waals surface area contributed by atoms with Crippen molar-refractivity contribution < 1.29 is 19.1 Å². The highest BCUT2D eigenvalue weighted by Gasteiger charge is 2.34. The fourth-order valence-corrected chi connectivity index (χ4v) is 3.61. The monoisotopic (exact) mass is 407 g/mol. The summed E-state index contributed by atoms with van der Waals surface area (Å²) in [6, 6.07) is 7.75. The number of imidazole rings is 1. The van der Waals surface area contributed by atoms with E-state index >= 15 is 0 Å². The summed E-state index contributed by atoms with van der Waals surface area (Å²) in [7, 11) is 2.80. The third-order valence-electron chi connectivity index (χ3n) is 5.05. The van der Waals surface area contributed by atoms with E-state index in [9.17, 15) is 9.59 Å². The number of carbonyl (C=O) groups excluding carboxylic acids is 2. The van der Waals surface area contributed by atoms with Gasteiger partial charge in [-0.1, -0.05) is 6.07 Å². The number of carbonyl (C=O) groups is 2. The molecule has 154 valence electrons. The van der Waals surface area contributed by atoms with Crippen molar-refractivity contribution >= 4 is 17.7 Å². The van der Waals surface area contributed by atoms with Crippen molar-refractivity contribution in [3.8, 4) is 5.75 Å². The predicted octanol–water partition coefficient (Wildman–Crippen LogP) is 2.78. The number of urea groups is 1. The van der Waals surface area contributed by atoms with Gasteiger partial charge in [-0.2, -0.15) is 0 Å². The molecule has 0 unspecified atom stereocenters. The molecular formula is C21H21N5O4. The Labute approximate surface area is 173 Å². The molecule has 0 saturated carbocycles. The zero-order valence-electron chi connectivity index (χ0n) is 16.6. The Kier molecular flexibility index (Phi) is 5.34. The smallest absolute Gasteiger partial charge is 0.337 e. The minimum atomic E-state index is -0.500. The Bertz CT molecular complexity index is 1070. The molecule has 1 aliphatic heterocycles. The molecule has 30 heavy (non-hydrogen) atoms. The molecule has 2 N–H and O–H groups in total. The number of nitrogens with one attached hydrogen (secondary N) is 2. The average molecular weight is 407 g/mol. The second-order valence-electron chi connectivity index (χ2n) is 6.74. The number of esters is 1. The van der Waals surface area contributed by atoms with Crippen LogP contribution in [-0.2, 0) is 11.2 Å². The van der Waals surface area contributed by atoms with Crippen molar-refractivity contribution in [3.63, 3.8) is 0 Å². The van der Waals surface area contributed by atoms with Gasteiger partial charge in [-0.05, 0) is 29.8 Å². The highest BCUT2D eigenvalue weighted by Crippen LogP contribution is 2.34. The lowest BCUT2D eigenvalue weighted by atomic mass is 9.97. The van der Waals surface area contributed by atoms with Crippen molar-refractivity contribution in [2.75, 3.05) is 26.1 Å². The van der Waals surface area contributed by atoms with E-state index in [2.05, 4.69) is 20.3 Å². The van der Waals surface area contributed by atoms with Crippen LogP contribution in [0.1, 0.15) is 33.4 Å². The summed E-state index contributed by atoms with van der Waals surface area (Å²) in [5, 5.41) is 2.87. The molecule has 1 atom stereocenters. The quantitative estimate of drug-likeness (QED) is 0.644. The third-order valence-corrected chi connectivity index (χ3v) is 5.05. The molecule has 2 amide bonds. The standard InChI is InChI=1S/C21H21N5O4/c1-29-17-6-5-13(20(27)30-2)10-16(17)25-21(28)26-9-7-15-18(24-12-23-15)19(26)14-4-3-8-22-11-14/h3-6,8,10-12,19H,7,9H2,1-2H3,(H,23,24)(H,25,28)/t19-/m0/s1. The summed E-state index contributed by atoms with van der Waals surface area (Å²) >= 11 is 0. The number of anilines is 1. The molecule has 2 aromatic heterocycles. The molecule has 0 spiro atoms. The predicted molar refractivity (Wildman–Crippen MR) is 108 cm³/mol. The molecule has 9 nitrogen and oxygen atoms in total. The second kappa shape index (κ2) is 8.24. The van der Waals surface area contributed by atoms with E-state index < -0.39 is 5.97 Å². The molecule has 0 radical (unpaired) electrons. The van der Waals surface area contributed by atoms with Gasteiger partial charge in [0.05, 0.1) is 37.5 Å². The lowest BCUT2D eigenvalue weighted by Gasteiger charge is -2.35. The fourth-order valence-electron chi connectivity index (χ4n) is 3.61. The number of H-pyrrole nitrogens is 1. The van der Waals surface area contributed by atoms with Crippen LogP contribution in [0.15, 0.2) is 49.1 Å². The van der Waals surface area contributed by atoms with Gasteiger partial charge in [0, 0.05) is 31.1 Å². The zero-order valence-corrected chi connectivity index (χ0v) is 16.6. The molecular weight excluding hydrogens is 386 g/mol. The van der Waals surface area contributed by atoms with Gasteiger partial charge in [-0.25, -0.2) is 14.6 Å². The summed E-state index contributed by atoms with van der Waals surface area (Å²) in [4.78, 5) is 38.7. The molecule has 4 rings (SSSR count). The SMILES string of the molecule is COC(=O)c1ccc(OC)c(NC(=O)N2CCc3[nH]cnc3[C@@H]2c2cccnc2)c1. The lowest BCUT2D eigenvalue weighted by Crippen LogP contribution is -2.43. The van der Waals surface area contributed by atoms with Gasteiger partial charge >= 0.3 is 12.0 Å². The normalized spacial score (nSPS) is 15.3. The minimum absolute atomic E-state index is 0.311. The number of hydrogen-bond donors (Lipinski definition) is 2. The number of amides is 2. The number of fused-ring (bicyclic) bond motifs is 1. The number of ether oxygens (including phenoxy) is 2. The van der Waals surface area contributed by atoms with Gasteiger partial charge in [-0.3, -0.25) is 4.98 Å². The number of pyridine rings is 1. The van der Waals surface area contributed by atoms with E-state index in [4.69, 9.17) is 9.47 Å². The van der Waals surface area contributed by atoms with Gasteiger partial charge in [0.2, 0.25) is 0 Å². The van der Waals surface area contributed by atoms with Gasteiger partial charge in [0.25, 0.3) is 0 Å². The molecule has 0 fully saturated rings. The third kappa shape index (κ3) is 3.57. The topological polar surface area (TPSA) is 109 Å². The van der Waals surface area contributed by atoms with Crippen LogP contribution in [-0.4, -0.2) is 52.6 Å². The van der Waals surface area contributed by atoms with Crippen molar-refractivity contribution in [2.24, 2.45) is 0 Å². The first-order valence-corrected chi connectivity index (χ1v) is 9.38. The summed E-state index contributed by atoms with van der Waals surface area (Å²) in [6.07, 6.45) is 5.70. The summed E-state index contributed by atoms with van der Waals surface area (Å²) in [5.41, 5.74) is 3.34. The zero-order chi connectivity index (χ0) is 21.1. The van der Waals surface area contributed by atoms with E-state index in [1.165, 1.54) is 20.3 Å². The van der Waals surface area contributed by atoms with Crippen LogP contribution < -0.4 is 10.1 Å². The van der Waals surface area contributed by atoms with E-state index in [1.54, 1.807) is 35.8 Å². The Morgan fingerprint density at radius 3 is 2.87 bits per heavy atom. The highest BCUT2D eigenvalue weighted by atomic mass is 16.5. The van der Waals surface area contributed by atoms with Gasteiger partial charge in [0.1, 0.15) is 11.8 Å². The first-order chi connectivity index (χ1) is 14.6. The maximum absolute atomic E-state index is 13.3. The van der Waals surface area contributed by atoms with Crippen molar-refractivity contribution in [1.29, 1.82) is 0 Å². The van der Waals surface area contributed by atoms with Crippen LogP contribution in [0.4, 0.5) is 10.5 Å². The summed E-state index contributed by atoms with van der Waals surface area (Å²) < 4.78 is 10.1. The van der Waals surface area contributed by atoms with Crippen molar-refractivity contribution in [3.05, 3.63) is 71.6 Å². The number of rotatable bonds is 4. The minimum Gasteiger partial charge on any atom is -0.495 e. The van der Waals surface area contributed by atoms with E-state index in [0.717, 1.165) is 17.0 Å². The Morgan fingerprint density at radius 2 is 2.13 bits per heavy atom. The largest absolute Gasteiger partial charge is 0.495 e. The number of benzene rings is 1. The Morgan fingerprint density at radius 1 is 1.27 bits per heavy atom. The molecule has 3 heterocycles. The van der Waals surface area contributed by atoms with Crippen LogP contribution in [0.3, 0.4) is 0 Å². The Hall–Kier alpha value is -3.88. The van der Waals surface area contributed by atoms with Crippen molar-refractivity contribution in [1.82, 2.24) is 19.9 Å². The van der Waals surface area contributed by atoms with Gasteiger partial charge < -0.3 is 24.7 Å². The molecule has 1 aromatic carbocycles. The number of aromatic amines is 1. The second-order valence-corrected chi connectivity index (χ2v) is 6.74. The van der Waals surface area contributed by atoms with Crippen molar-refractivity contribution in [2.45, 2.75) is 12.5 Å². The van der Waals surface area contributed by atoms with E-state index in [1.807, 2.05) is 12.1 Å². The molecule has 3 aromatic rings. The number of methoxy groups -OCH3 is 2. The van der Waals surface area contributed by atoms with Crippen LogP contribution in [0.25, 0.3) is 0 Å². The molecule has 1 aliphatic rings. The number of hydrogen-bond acceptors (Lipinski definition) is 6. The van der Waals surface area contributed by atoms with Crippen LogP contribution in [0, 0.1) is 0 Å². The maximum Gasteiger partial charge on any atom is 0.337 e. The van der Waals surface area contributed by atoms with Gasteiger partial charge in [-0.15, -0.1) is 0 Å². The summed E-state index contributed by atoms with van der Waals surface area (Å²) in [5.74, 6) is -0.0630. The maximum atomic E-state index is 13.3. The molecule has 0 aliphatic carbocycles. The summed E-state index contributed by atoms with van der Waals surface area (Å²) in [6.45, 7) is 0.486. The Balaban J connectivity index is 1.67. The van der Waals surface area contributed by atoms with Crippen LogP contribution >= 0.6 is 0 Å². The fraction of sp³-hybridized carbons (Fsp3) is 0.238. The van der Waals surface area contributed by atoms with E-state index in [-0.39, 0.29) is 12.1 Å². The average Bonchev–Trinajstić information content (AvgIpc) is 3.27. The first-order valence-electron chi connectivity index (χ1n) is 9.38. The number of nitrogens with zero attached hydrogens (tertiary/aromatic N) is 3. The molecule has 9 heteroatoms. The molecule has 0 bridgehead atoms. The van der Waals surface area contributed by atoms with E-state index in [0.29, 0.717) is 30.0 Å². The van der Waals surface area contributed by atoms with Crippen LogP contribution in [0.5, 0.6) is 5.75 Å². The van der Waals surface area contributed by atoms with Crippen LogP contribution in [0.2, 0.25) is 0 Å². The lowest BCUT2D eigenvalue weighted by molar-refractivity contribution is 0.0600.